The number of fused-ring (bicyclic) bond motifs is 1. The van der Waals surface area contributed by atoms with Gasteiger partial charge < -0.3 is 0 Å². The number of hydrogen-bond acceptors (Lipinski definition) is 6. The minimum absolute atomic E-state index is 0.103. The molecular weight excluding hydrogens is 471 g/mol. The SMILES string of the molecule is COCCN(CCOC)Cc1[se]c2cc(S(N)(=O)=O)sc2c1Br. The van der Waals surface area contributed by atoms with Gasteiger partial charge in [-0.2, -0.15) is 0 Å². The predicted octanol–water partition coefficient (Wildman–Crippen LogP) is 1.46. The van der Waals surface area contributed by atoms with Crippen LogP contribution in [0.15, 0.2) is 14.7 Å². The fraction of sp³-hybridized carbons (Fsp3) is 0.538. The molecule has 2 aromatic heterocycles. The van der Waals surface area contributed by atoms with Crippen molar-refractivity contribution in [2.75, 3.05) is 40.5 Å². The first-order valence-electron chi connectivity index (χ1n) is 6.80. The predicted molar refractivity (Wildman–Crippen MR) is 96.9 cm³/mol. The number of hydrogen-bond donors (Lipinski definition) is 1. The Bertz CT molecular complexity index is 751. The number of nitrogens with two attached hydrogens (primary N) is 1. The first-order valence-corrected chi connectivity index (χ1v) is 11.7. The number of thiophene rings is 1. The number of sulfonamides is 1. The van der Waals surface area contributed by atoms with Gasteiger partial charge in [0.25, 0.3) is 0 Å². The summed E-state index contributed by atoms with van der Waals surface area (Å²) in [6.45, 7) is 3.81. The van der Waals surface area contributed by atoms with Crippen molar-refractivity contribution in [2.24, 2.45) is 5.14 Å². The van der Waals surface area contributed by atoms with E-state index in [4.69, 9.17) is 14.6 Å². The summed E-state index contributed by atoms with van der Waals surface area (Å²) in [6, 6.07) is 1.71. The van der Waals surface area contributed by atoms with Gasteiger partial charge in [0.05, 0.1) is 0 Å². The van der Waals surface area contributed by atoms with E-state index < -0.39 is 10.0 Å². The van der Waals surface area contributed by atoms with E-state index in [9.17, 15) is 8.42 Å². The molecule has 2 rings (SSSR count). The summed E-state index contributed by atoms with van der Waals surface area (Å²) in [5, 5.41) is 5.21. The molecule has 0 radical (unpaired) electrons. The first kappa shape index (κ1) is 19.6. The molecule has 0 unspecified atom stereocenters. The van der Waals surface area contributed by atoms with E-state index in [1.165, 1.54) is 15.8 Å². The van der Waals surface area contributed by atoms with Gasteiger partial charge in [0.15, 0.2) is 0 Å². The van der Waals surface area contributed by atoms with Crippen molar-refractivity contribution < 1.29 is 17.9 Å². The van der Waals surface area contributed by atoms with Crippen LogP contribution in [0.3, 0.4) is 0 Å². The van der Waals surface area contributed by atoms with Gasteiger partial charge in [0.1, 0.15) is 0 Å². The molecule has 0 saturated heterocycles. The van der Waals surface area contributed by atoms with E-state index in [1.54, 1.807) is 20.3 Å². The van der Waals surface area contributed by atoms with Gasteiger partial charge in [-0.25, -0.2) is 0 Å². The first-order chi connectivity index (χ1) is 10.9. The third kappa shape index (κ3) is 5.10. The average Bonchev–Trinajstić information content (AvgIpc) is 3.02. The van der Waals surface area contributed by atoms with Crippen LogP contribution in [-0.4, -0.2) is 68.3 Å². The van der Waals surface area contributed by atoms with Crippen LogP contribution in [-0.2, 0) is 26.0 Å². The molecule has 0 aliphatic heterocycles. The Morgan fingerprint density at radius 2 is 1.91 bits per heavy atom. The Kier molecular flexibility index (Phi) is 7.27. The molecular formula is C13H19BrN2O4S2Se. The van der Waals surface area contributed by atoms with Crippen LogP contribution in [0.2, 0.25) is 0 Å². The zero-order chi connectivity index (χ0) is 17.0. The molecule has 2 N–H and O–H groups in total. The molecule has 0 atom stereocenters. The van der Waals surface area contributed by atoms with Crippen LogP contribution in [0.4, 0.5) is 0 Å². The molecule has 0 amide bonds. The molecule has 2 aromatic rings. The van der Waals surface area contributed by atoms with Gasteiger partial charge in [0.2, 0.25) is 0 Å². The Morgan fingerprint density at radius 1 is 1.30 bits per heavy atom. The zero-order valence-corrected chi connectivity index (χ0v) is 17.8. The second-order valence-electron chi connectivity index (χ2n) is 4.90. The van der Waals surface area contributed by atoms with Crippen LogP contribution in [0.1, 0.15) is 4.44 Å². The van der Waals surface area contributed by atoms with Gasteiger partial charge in [-0.1, -0.05) is 0 Å². The monoisotopic (exact) mass is 490 g/mol. The number of rotatable bonds is 9. The molecule has 0 aliphatic carbocycles. The van der Waals surface area contributed by atoms with E-state index in [0.29, 0.717) is 13.2 Å². The molecule has 0 fully saturated rings. The van der Waals surface area contributed by atoms with Crippen LogP contribution < -0.4 is 5.14 Å². The molecule has 23 heavy (non-hydrogen) atoms. The van der Waals surface area contributed by atoms with Crippen LogP contribution in [0, 0.1) is 0 Å². The van der Waals surface area contributed by atoms with Gasteiger partial charge >= 0.3 is 155 Å². The minimum atomic E-state index is -3.63. The van der Waals surface area contributed by atoms with Crippen molar-refractivity contribution in [3.63, 3.8) is 0 Å². The van der Waals surface area contributed by atoms with Gasteiger partial charge in [0, 0.05) is 0 Å². The van der Waals surface area contributed by atoms with Gasteiger partial charge in [-0.15, -0.1) is 0 Å². The van der Waals surface area contributed by atoms with Crippen molar-refractivity contribution in [2.45, 2.75) is 10.8 Å². The van der Waals surface area contributed by atoms with Crippen LogP contribution in [0.25, 0.3) is 8.96 Å². The van der Waals surface area contributed by atoms with Crippen molar-refractivity contribution in [1.82, 2.24) is 4.90 Å². The summed E-state index contributed by atoms with van der Waals surface area (Å²) in [6.07, 6.45) is 0. The normalized spacial score (nSPS) is 12.6. The maximum atomic E-state index is 11.5. The second kappa shape index (κ2) is 8.55. The molecule has 0 saturated carbocycles. The Labute approximate surface area is 154 Å². The van der Waals surface area contributed by atoms with Gasteiger partial charge in [-0.3, -0.25) is 0 Å². The zero-order valence-electron chi connectivity index (χ0n) is 12.9. The second-order valence-corrected chi connectivity index (χ2v) is 10.9. The molecule has 130 valence electrons. The quantitative estimate of drug-likeness (QED) is 0.539. The summed E-state index contributed by atoms with van der Waals surface area (Å²) >= 11 is 4.97. The maximum absolute atomic E-state index is 11.5. The molecule has 6 nitrogen and oxygen atoms in total. The third-order valence-electron chi connectivity index (χ3n) is 3.22. The molecule has 0 aromatic carbocycles. The van der Waals surface area contributed by atoms with Crippen LogP contribution in [0.5, 0.6) is 0 Å². The summed E-state index contributed by atoms with van der Waals surface area (Å²) in [4.78, 5) is 2.28. The third-order valence-corrected chi connectivity index (χ3v) is 10.2. The Hall–Kier alpha value is 0.229. The van der Waals surface area contributed by atoms with E-state index >= 15 is 0 Å². The summed E-state index contributed by atoms with van der Waals surface area (Å²) in [5.41, 5.74) is 0. The van der Waals surface area contributed by atoms with Gasteiger partial charge in [-0.05, 0) is 0 Å². The van der Waals surface area contributed by atoms with Crippen LogP contribution >= 0.6 is 27.3 Å². The summed E-state index contributed by atoms with van der Waals surface area (Å²) in [5.74, 6) is 0. The van der Waals surface area contributed by atoms with E-state index in [-0.39, 0.29) is 18.7 Å². The summed E-state index contributed by atoms with van der Waals surface area (Å²) < 4.78 is 37.9. The average molecular weight is 490 g/mol. The number of ether oxygens (including phenoxy) is 2. The van der Waals surface area contributed by atoms with Crippen molar-refractivity contribution in [1.29, 1.82) is 0 Å². The molecule has 0 bridgehead atoms. The molecule has 2 heterocycles. The fourth-order valence-electron chi connectivity index (χ4n) is 2.04. The number of methoxy groups -OCH3 is 2. The molecule has 0 spiro atoms. The molecule has 0 aliphatic rings. The topological polar surface area (TPSA) is 81.9 Å². The standard InChI is InChI=1S/C13H19BrN2O4S2Se/c1-19-5-3-16(4-6-20-2)8-10-12(14)13-9(23-10)7-11(21-13)22(15,17)18/h7H,3-6,8H2,1-2H3,(H2,15,17,18). The summed E-state index contributed by atoms with van der Waals surface area (Å²) in [7, 11) is -0.247. The molecule has 10 heteroatoms. The van der Waals surface area contributed by atoms with E-state index in [0.717, 1.165) is 33.1 Å². The number of nitrogens with zero attached hydrogens (tertiary/aromatic N) is 1. The van der Waals surface area contributed by atoms with Crippen molar-refractivity contribution in [3.05, 3.63) is 15.0 Å². The number of halogens is 1. The fourth-order valence-corrected chi connectivity index (χ4v) is 8.30. The Balaban J connectivity index is 2.21. The van der Waals surface area contributed by atoms with E-state index in [2.05, 4.69) is 20.8 Å². The van der Waals surface area contributed by atoms with Crippen molar-refractivity contribution in [3.8, 4) is 0 Å². The van der Waals surface area contributed by atoms with Crippen molar-refractivity contribution >= 4 is 60.8 Å². The Morgan fingerprint density at radius 3 is 2.39 bits per heavy atom. The van der Waals surface area contributed by atoms with E-state index in [1.807, 2.05) is 0 Å². The number of primary sulfonamides is 1.